The van der Waals surface area contributed by atoms with Crippen molar-refractivity contribution in [1.29, 1.82) is 0 Å². The summed E-state index contributed by atoms with van der Waals surface area (Å²) >= 11 is 2.52. The third-order valence-corrected chi connectivity index (χ3v) is 4.56. The number of hydrogen-bond acceptors (Lipinski definition) is 0. The quantitative estimate of drug-likeness (QED) is 0.548. The molecule has 0 unspecified atom stereocenters. The van der Waals surface area contributed by atoms with E-state index in [0.717, 1.165) is 5.56 Å². The molecule has 0 amide bonds. The number of benzene rings is 1. The summed E-state index contributed by atoms with van der Waals surface area (Å²) < 4.78 is 14.0. The van der Waals surface area contributed by atoms with Crippen molar-refractivity contribution in [2.75, 3.05) is 0 Å². The van der Waals surface area contributed by atoms with Gasteiger partial charge < -0.3 is 0 Å². The molecule has 2 bridgehead atoms. The summed E-state index contributed by atoms with van der Waals surface area (Å²) in [7, 11) is 0. The normalized spacial score (nSPS) is 40.8. The van der Waals surface area contributed by atoms with Crippen LogP contribution in [0.4, 0.5) is 4.39 Å². The fraction of sp³-hybridized carbons (Fsp3) is 0.455. The largest absolute Gasteiger partial charge is 0.207 e. The van der Waals surface area contributed by atoms with Gasteiger partial charge in [-0.3, -0.25) is 0 Å². The molecule has 0 spiro atoms. The molecule has 0 nitrogen and oxygen atoms in total. The van der Waals surface area contributed by atoms with Crippen molar-refractivity contribution in [3.05, 3.63) is 35.6 Å². The van der Waals surface area contributed by atoms with Crippen LogP contribution >= 0.6 is 22.6 Å². The number of alkyl halides is 1. The number of hydrogen-bond donors (Lipinski definition) is 0. The van der Waals surface area contributed by atoms with Crippen LogP contribution in [0.25, 0.3) is 0 Å². The minimum Gasteiger partial charge on any atom is -0.207 e. The van der Waals surface area contributed by atoms with Crippen LogP contribution in [-0.4, -0.2) is 3.42 Å². The lowest BCUT2D eigenvalue weighted by Crippen LogP contribution is -2.66. The number of rotatable bonds is 1. The summed E-state index contributed by atoms with van der Waals surface area (Å²) in [5.74, 6) is -0.0133. The van der Waals surface area contributed by atoms with Crippen molar-refractivity contribution >= 4 is 22.6 Å². The van der Waals surface area contributed by atoms with Crippen molar-refractivity contribution in [2.24, 2.45) is 0 Å². The van der Waals surface area contributed by atoms with E-state index in [-0.39, 0.29) is 11.2 Å². The first-order valence-corrected chi connectivity index (χ1v) is 5.66. The average molecular weight is 288 g/mol. The summed E-state index contributed by atoms with van der Waals surface area (Å²) in [5, 5.41) is 0. The molecule has 3 fully saturated rings. The molecular weight excluding hydrogens is 278 g/mol. The van der Waals surface area contributed by atoms with Gasteiger partial charge in [0.1, 0.15) is 5.82 Å². The van der Waals surface area contributed by atoms with E-state index in [1.165, 1.54) is 19.3 Å². The second-order valence-electron chi connectivity index (χ2n) is 4.44. The molecule has 3 saturated carbocycles. The highest BCUT2D eigenvalue weighted by molar-refractivity contribution is 14.1. The zero-order valence-electron chi connectivity index (χ0n) is 7.19. The maximum Gasteiger partial charge on any atom is 0.126 e. The van der Waals surface area contributed by atoms with Crippen molar-refractivity contribution < 1.29 is 4.39 Å². The molecule has 0 saturated heterocycles. The fourth-order valence-corrected chi connectivity index (χ4v) is 5.03. The molecular formula is C11H10FI. The Kier molecular flexibility index (Phi) is 1.43. The van der Waals surface area contributed by atoms with Gasteiger partial charge >= 0.3 is 0 Å². The van der Waals surface area contributed by atoms with Crippen LogP contribution in [0.3, 0.4) is 0 Å². The first-order valence-electron chi connectivity index (χ1n) is 4.58. The van der Waals surface area contributed by atoms with E-state index in [0.29, 0.717) is 3.42 Å². The Morgan fingerprint density at radius 3 is 2.31 bits per heavy atom. The standard InChI is InChI=1S/C11H10FI/c12-9-4-2-1-3-8(9)10-5-11(13,6-10)7-10/h1-4H,5-7H2. The summed E-state index contributed by atoms with van der Waals surface area (Å²) in [4.78, 5) is 0. The molecule has 0 radical (unpaired) electrons. The van der Waals surface area contributed by atoms with E-state index in [1.807, 2.05) is 12.1 Å². The van der Waals surface area contributed by atoms with Crippen LogP contribution in [0.1, 0.15) is 24.8 Å². The highest BCUT2D eigenvalue weighted by Crippen LogP contribution is 2.72. The van der Waals surface area contributed by atoms with Crippen LogP contribution < -0.4 is 0 Å². The van der Waals surface area contributed by atoms with E-state index in [9.17, 15) is 4.39 Å². The van der Waals surface area contributed by atoms with Crippen molar-refractivity contribution in [2.45, 2.75) is 28.1 Å². The van der Waals surface area contributed by atoms with Crippen LogP contribution in [0.2, 0.25) is 0 Å². The van der Waals surface area contributed by atoms with Crippen molar-refractivity contribution in [3.8, 4) is 0 Å². The molecule has 0 N–H and O–H groups in total. The zero-order valence-corrected chi connectivity index (χ0v) is 9.34. The van der Waals surface area contributed by atoms with E-state index >= 15 is 0 Å². The SMILES string of the molecule is Fc1ccccc1C12CC(I)(C1)C2. The van der Waals surface area contributed by atoms with Gasteiger partial charge in [-0.25, -0.2) is 4.39 Å². The molecule has 1 aromatic rings. The van der Waals surface area contributed by atoms with Gasteiger partial charge in [0.25, 0.3) is 0 Å². The number of halogens is 2. The van der Waals surface area contributed by atoms with E-state index in [2.05, 4.69) is 22.6 Å². The summed E-state index contributed by atoms with van der Waals surface area (Å²) in [5.41, 5.74) is 1.18. The third-order valence-electron chi connectivity index (χ3n) is 3.41. The van der Waals surface area contributed by atoms with Gasteiger partial charge in [-0.15, -0.1) is 0 Å². The van der Waals surface area contributed by atoms with Gasteiger partial charge in [0.2, 0.25) is 0 Å². The molecule has 1 aromatic carbocycles. The van der Waals surface area contributed by atoms with Crippen molar-refractivity contribution in [3.63, 3.8) is 0 Å². The van der Waals surface area contributed by atoms with Gasteiger partial charge in [-0.1, -0.05) is 40.8 Å². The summed E-state index contributed by atoms with van der Waals surface area (Å²) in [6, 6.07) is 7.24. The molecule has 0 aliphatic heterocycles. The Labute approximate surface area is 90.7 Å². The molecule has 2 heteroatoms. The Hall–Kier alpha value is -0.120. The second-order valence-corrected chi connectivity index (χ2v) is 6.73. The minimum atomic E-state index is -0.0133. The smallest absolute Gasteiger partial charge is 0.126 e. The molecule has 68 valence electrons. The van der Waals surface area contributed by atoms with E-state index in [1.54, 1.807) is 12.1 Å². The highest BCUT2D eigenvalue weighted by Gasteiger charge is 2.67. The molecule has 0 heterocycles. The van der Waals surface area contributed by atoms with Gasteiger partial charge in [0.15, 0.2) is 0 Å². The average Bonchev–Trinajstić information content (AvgIpc) is 1.99. The predicted molar refractivity (Wildman–Crippen MR) is 58.7 cm³/mol. The molecule has 0 aromatic heterocycles. The van der Waals surface area contributed by atoms with Gasteiger partial charge in [-0.2, -0.15) is 0 Å². The van der Waals surface area contributed by atoms with Crippen LogP contribution in [0, 0.1) is 5.82 Å². The highest BCUT2D eigenvalue weighted by atomic mass is 127. The Morgan fingerprint density at radius 1 is 1.15 bits per heavy atom. The van der Waals surface area contributed by atoms with Crippen molar-refractivity contribution in [1.82, 2.24) is 0 Å². The predicted octanol–water partition coefficient (Wildman–Crippen LogP) is 3.43. The van der Waals surface area contributed by atoms with Crippen LogP contribution in [0.5, 0.6) is 0 Å². The molecule has 4 rings (SSSR count). The minimum absolute atomic E-state index is 0.0133. The van der Waals surface area contributed by atoms with Crippen LogP contribution in [0.15, 0.2) is 24.3 Å². The lowest BCUT2D eigenvalue weighted by molar-refractivity contribution is 0.0188. The molecule has 0 atom stereocenters. The van der Waals surface area contributed by atoms with E-state index < -0.39 is 0 Å². The fourth-order valence-electron chi connectivity index (χ4n) is 2.84. The summed E-state index contributed by atoms with van der Waals surface area (Å²) in [6.07, 6.45) is 3.55. The first kappa shape index (κ1) is 8.21. The Morgan fingerprint density at radius 2 is 1.77 bits per heavy atom. The molecule has 3 aliphatic rings. The van der Waals surface area contributed by atoms with Crippen LogP contribution in [-0.2, 0) is 5.41 Å². The maximum atomic E-state index is 13.5. The molecule has 13 heavy (non-hydrogen) atoms. The maximum absolute atomic E-state index is 13.5. The third kappa shape index (κ3) is 0.953. The molecule has 3 aliphatic carbocycles. The first-order chi connectivity index (χ1) is 6.14. The van der Waals surface area contributed by atoms with Gasteiger partial charge in [-0.05, 0) is 30.9 Å². The topological polar surface area (TPSA) is 0 Å². The lowest BCUT2D eigenvalue weighted by Gasteiger charge is -2.68. The van der Waals surface area contributed by atoms with Gasteiger partial charge in [0, 0.05) is 8.84 Å². The van der Waals surface area contributed by atoms with Gasteiger partial charge in [0.05, 0.1) is 0 Å². The van der Waals surface area contributed by atoms with E-state index in [4.69, 9.17) is 0 Å². The zero-order chi connectivity index (χ0) is 9.10. The monoisotopic (exact) mass is 288 g/mol. The second kappa shape index (κ2) is 2.27. The summed E-state index contributed by atoms with van der Waals surface area (Å²) in [6.45, 7) is 0. The lowest BCUT2D eigenvalue weighted by atomic mass is 9.42. The Balaban J connectivity index is 1.99. The Bertz CT molecular complexity index is 352.